The number of aliphatic hydroxyl groups is 1. The van der Waals surface area contributed by atoms with Crippen LogP contribution in [0.3, 0.4) is 0 Å². The molecule has 1 heterocycles. The zero-order valence-corrected chi connectivity index (χ0v) is 29.5. The second kappa shape index (κ2) is 18.2. The maximum absolute atomic E-state index is 14.1. The van der Waals surface area contributed by atoms with Crippen molar-refractivity contribution >= 4 is 35.9 Å². The van der Waals surface area contributed by atoms with E-state index in [2.05, 4.69) is 15.4 Å². The second-order valence-corrected chi connectivity index (χ2v) is 14.6. The van der Waals surface area contributed by atoms with Crippen LogP contribution in [0.1, 0.15) is 106 Å². The molecule has 4 amide bonds. The zero-order chi connectivity index (χ0) is 36.2. The molecule has 274 valence electrons. The number of aliphatic hydroxyl groups excluding tert-OH is 1. The van der Waals surface area contributed by atoms with Crippen LogP contribution in [0.15, 0.2) is 0 Å². The molecule has 1 saturated carbocycles. The van der Waals surface area contributed by atoms with Crippen LogP contribution in [0.5, 0.6) is 0 Å². The number of carboxylic acids is 1. The van der Waals surface area contributed by atoms with Gasteiger partial charge >= 0.3 is 24.1 Å². The Morgan fingerprint density at radius 1 is 0.917 bits per heavy atom. The Bertz CT molecular complexity index is 1130. The van der Waals surface area contributed by atoms with Crippen LogP contribution in [0.2, 0.25) is 0 Å². The van der Waals surface area contributed by atoms with Crippen molar-refractivity contribution in [2.45, 2.75) is 141 Å². The summed E-state index contributed by atoms with van der Waals surface area (Å²) in [5, 5.41) is 25.7. The Balaban J connectivity index is 2.19. The predicted octanol–water partition coefficient (Wildman–Crippen LogP) is 2.96. The summed E-state index contributed by atoms with van der Waals surface area (Å²) in [7, 11) is 1.11. The highest BCUT2D eigenvalue weighted by molar-refractivity contribution is 5.94. The lowest BCUT2D eigenvalue weighted by Gasteiger charge is -2.44. The highest BCUT2D eigenvalue weighted by Gasteiger charge is 2.45. The molecule has 1 aliphatic carbocycles. The lowest BCUT2D eigenvalue weighted by Crippen LogP contribution is -2.65. The molecule has 0 aromatic heterocycles. The first-order chi connectivity index (χ1) is 22.3. The molecule has 1 unspecified atom stereocenters. The number of esters is 1. The number of likely N-dealkylation sites (tertiary alicyclic amines) is 1. The molecule has 2 rings (SSSR count). The Morgan fingerprint density at radius 3 is 2.06 bits per heavy atom. The molecule has 15 heteroatoms. The topological polar surface area (TPSA) is 201 Å². The molecule has 15 nitrogen and oxygen atoms in total. The molecular weight excluding hydrogens is 628 g/mol. The third-order valence-corrected chi connectivity index (χ3v) is 8.24. The summed E-state index contributed by atoms with van der Waals surface area (Å²) in [4.78, 5) is 79.2. The number of carbonyl (C=O) groups is 6. The molecule has 1 aliphatic heterocycles. The number of ether oxygens (including phenoxy) is 3. The van der Waals surface area contributed by atoms with Gasteiger partial charge in [-0.2, -0.15) is 0 Å². The van der Waals surface area contributed by atoms with Crippen LogP contribution in [0.4, 0.5) is 9.59 Å². The summed E-state index contributed by atoms with van der Waals surface area (Å²) < 4.78 is 15.4. The standard InChI is InChI=1S/C33H56N4O11/c1-32(2,3)47-30(44)34-17-12-11-15-22(26(40)29(43)46-7)35-27(41)23-16-18-36(23)28(42)24(19-21-13-9-8-10-14-21)37(20-25(38)39)31(45)48-33(4,5)6/h21-24,26,40H,8-20H2,1-7H3,(H,34,44)(H,35,41)(H,38,39)/t22-,23-,24+,26?/m0/s1. The third kappa shape index (κ3) is 13.5. The summed E-state index contributed by atoms with van der Waals surface area (Å²) in [6, 6.07) is -3.17. The van der Waals surface area contributed by atoms with E-state index < -0.39 is 77.9 Å². The number of carbonyl (C=O) groups excluding carboxylic acids is 5. The average Bonchev–Trinajstić information content (AvgIpc) is 2.95. The molecule has 0 radical (unpaired) electrons. The van der Waals surface area contributed by atoms with Gasteiger partial charge < -0.3 is 40.0 Å². The van der Waals surface area contributed by atoms with E-state index in [0.717, 1.165) is 44.1 Å². The number of aliphatic carboxylic acids is 1. The molecule has 0 aromatic rings. The number of carboxylic acid groups (broad SMARTS) is 1. The van der Waals surface area contributed by atoms with Gasteiger partial charge in [0.15, 0.2) is 6.10 Å². The largest absolute Gasteiger partial charge is 0.480 e. The van der Waals surface area contributed by atoms with Crippen LogP contribution in [-0.4, -0.2) is 118 Å². The van der Waals surface area contributed by atoms with E-state index in [9.17, 15) is 39.0 Å². The quantitative estimate of drug-likeness (QED) is 0.112. The molecule has 4 N–H and O–H groups in total. The van der Waals surface area contributed by atoms with Crippen LogP contribution in [-0.2, 0) is 33.4 Å². The van der Waals surface area contributed by atoms with Crippen molar-refractivity contribution in [3.8, 4) is 0 Å². The number of hydrogen-bond acceptors (Lipinski definition) is 10. The summed E-state index contributed by atoms with van der Waals surface area (Å²) in [6.45, 7) is 9.89. The number of amides is 4. The molecule has 0 aromatic carbocycles. The minimum atomic E-state index is -1.68. The van der Waals surface area contributed by atoms with Gasteiger partial charge in [-0.25, -0.2) is 14.4 Å². The van der Waals surface area contributed by atoms with E-state index >= 15 is 0 Å². The van der Waals surface area contributed by atoms with Crippen LogP contribution in [0.25, 0.3) is 0 Å². The van der Waals surface area contributed by atoms with Crippen molar-refractivity contribution in [1.29, 1.82) is 0 Å². The van der Waals surface area contributed by atoms with Gasteiger partial charge in [0, 0.05) is 13.1 Å². The van der Waals surface area contributed by atoms with Crippen LogP contribution < -0.4 is 10.6 Å². The molecule has 0 bridgehead atoms. The van der Waals surface area contributed by atoms with Crippen LogP contribution in [0, 0.1) is 5.92 Å². The van der Waals surface area contributed by atoms with Crippen molar-refractivity contribution in [3.05, 3.63) is 0 Å². The van der Waals surface area contributed by atoms with Gasteiger partial charge in [0.25, 0.3) is 0 Å². The molecule has 1 saturated heterocycles. The lowest BCUT2D eigenvalue weighted by molar-refractivity contribution is -0.156. The van der Waals surface area contributed by atoms with Gasteiger partial charge in [0.1, 0.15) is 29.8 Å². The number of alkyl carbamates (subject to hydrolysis) is 1. The number of nitrogens with zero attached hydrogens (tertiary/aromatic N) is 2. The number of nitrogens with one attached hydrogen (secondary N) is 2. The Morgan fingerprint density at radius 2 is 1.54 bits per heavy atom. The van der Waals surface area contributed by atoms with Crippen molar-refractivity contribution in [2.75, 3.05) is 26.7 Å². The molecular formula is C33H56N4O11. The molecule has 2 fully saturated rings. The van der Waals surface area contributed by atoms with Crippen molar-refractivity contribution in [2.24, 2.45) is 5.92 Å². The Kier molecular flexibility index (Phi) is 15.4. The van der Waals surface area contributed by atoms with Gasteiger partial charge in [0.2, 0.25) is 11.8 Å². The number of rotatable bonds is 15. The summed E-state index contributed by atoms with van der Waals surface area (Å²) in [5.41, 5.74) is -1.59. The minimum absolute atomic E-state index is 0.0874. The van der Waals surface area contributed by atoms with E-state index in [4.69, 9.17) is 9.47 Å². The normalized spacial score (nSPS) is 18.8. The van der Waals surface area contributed by atoms with Gasteiger partial charge in [-0.1, -0.05) is 32.1 Å². The third-order valence-electron chi connectivity index (χ3n) is 8.24. The monoisotopic (exact) mass is 684 g/mol. The average molecular weight is 685 g/mol. The van der Waals surface area contributed by atoms with Crippen molar-refractivity contribution < 1.29 is 53.2 Å². The molecule has 48 heavy (non-hydrogen) atoms. The number of unbranched alkanes of at least 4 members (excludes halogenated alkanes) is 1. The second-order valence-electron chi connectivity index (χ2n) is 14.6. The fraction of sp³-hybridized carbons (Fsp3) is 0.818. The molecule has 0 spiro atoms. The lowest BCUT2D eigenvalue weighted by atomic mass is 9.83. The fourth-order valence-electron chi connectivity index (χ4n) is 5.85. The van der Waals surface area contributed by atoms with E-state index in [1.165, 1.54) is 4.90 Å². The summed E-state index contributed by atoms with van der Waals surface area (Å²) in [5.74, 6) is -3.32. The summed E-state index contributed by atoms with van der Waals surface area (Å²) >= 11 is 0. The highest BCUT2D eigenvalue weighted by Crippen LogP contribution is 2.31. The first kappa shape index (κ1) is 40.6. The Hall–Kier alpha value is -3.62. The first-order valence-electron chi connectivity index (χ1n) is 16.9. The van der Waals surface area contributed by atoms with Gasteiger partial charge in [0.05, 0.1) is 13.2 Å². The van der Waals surface area contributed by atoms with Gasteiger partial charge in [-0.3, -0.25) is 19.3 Å². The van der Waals surface area contributed by atoms with Crippen LogP contribution >= 0.6 is 0 Å². The smallest absolute Gasteiger partial charge is 0.411 e. The van der Waals surface area contributed by atoms with Gasteiger partial charge in [-0.15, -0.1) is 0 Å². The van der Waals surface area contributed by atoms with Crippen molar-refractivity contribution in [1.82, 2.24) is 20.4 Å². The van der Waals surface area contributed by atoms with E-state index in [0.29, 0.717) is 19.3 Å². The van der Waals surface area contributed by atoms with E-state index in [1.54, 1.807) is 41.5 Å². The summed E-state index contributed by atoms with van der Waals surface area (Å²) in [6.07, 6.45) is 3.03. The van der Waals surface area contributed by atoms with Gasteiger partial charge in [-0.05, 0) is 79.6 Å². The molecule has 2 aliphatic rings. The minimum Gasteiger partial charge on any atom is -0.480 e. The maximum Gasteiger partial charge on any atom is 0.411 e. The zero-order valence-electron chi connectivity index (χ0n) is 29.5. The number of hydrogen-bond donors (Lipinski definition) is 4. The molecule has 4 atom stereocenters. The highest BCUT2D eigenvalue weighted by atomic mass is 16.6. The number of methoxy groups -OCH3 is 1. The predicted molar refractivity (Wildman–Crippen MR) is 174 cm³/mol. The fourth-order valence-corrected chi connectivity index (χ4v) is 5.85. The maximum atomic E-state index is 14.1. The van der Waals surface area contributed by atoms with E-state index in [1.807, 2.05) is 0 Å². The SMILES string of the molecule is COC(=O)C(O)[C@H](CCCCNC(=O)OC(C)(C)C)NC(=O)[C@@H]1CCN1C(=O)[C@@H](CC1CCCCC1)N(CC(=O)O)C(=O)OC(C)(C)C. The Labute approximate surface area is 283 Å². The van der Waals surface area contributed by atoms with E-state index in [-0.39, 0.29) is 31.8 Å². The first-order valence-corrected chi connectivity index (χ1v) is 16.9. The van der Waals surface area contributed by atoms with Crippen molar-refractivity contribution in [3.63, 3.8) is 0 Å².